The average Bonchev–Trinajstić information content (AvgIpc) is 4.15. The van der Waals surface area contributed by atoms with Gasteiger partial charge in [0.25, 0.3) is 0 Å². The largest absolute Gasteiger partial charge is 0.457 e. The maximum atomic E-state index is 9.42. The van der Waals surface area contributed by atoms with Gasteiger partial charge < -0.3 is 14.5 Å². The molecule has 1 aliphatic rings. The Balaban J connectivity index is 1.18. The summed E-state index contributed by atoms with van der Waals surface area (Å²) in [6, 6.07) is 15.2. The van der Waals surface area contributed by atoms with E-state index in [4.69, 9.17) is 21.2 Å². The highest BCUT2D eigenvalue weighted by atomic mass is 16.5. The van der Waals surface area contributed by atoms with E-state index in [0.29, 0.717) is 28.2 Å². The topological polar surface area (TPSA) is 33.5 Å². The van der Waals surface area contributed by atoms with Gasteiger partial charge in [-0.05, 0) is 87.5 Å². The number of fused-ring (bicyclic) bond motifs is 4. The Morgan fingerprint density at radius 2 is 1.25 bits per heavy atom. The third-order valence-corrected chi connectivity index (χ3v) is 10.8. The van der Waals surface area contributed by atoms with Gasteiger partial charge in [0.2, 0.25) is 0 Å². The molecule has 0 N–H and O–H groups in total. The molecule has 5 heteroatoms. The number of benzene rings is 7. The summed E-state index contributed by atoms with van der Waals surface area (Å²) in [6.45, 7) is 11.4. The van der Waals surface area contributed by atoms with Gasteiger partial charge in [-0.15, -0.1) is 0 Å². The Bertz CT molecular complexity index is 4040. The van der Waals surface area contributed by atoms with Crippen LogP contribution >= 0.6 is 0 Å². The van der Waals surface area contributed by atoms with Gasteiger partial charge in [-0.1, -0.05) is 151 Å². The van der Waals surface area contributed by atoms with E-state index in [1.54, 1.807) is 49.9 Å². The second kappa shape index (κ2) is 14.9. The van der Waals surface area contributed by atoms with Crippen LogP contribution in [-0.4, -0.2) is 16.2 Å². The summed E-state index contributed by atoms with van der Waals surface area (Å²) in [5, 5.41) is -0.280. The van der Waals surface area contributed by atoms with Crippen LogP contribution in [0.4, 0.5) is 22.7 Å². The number of ether oxygens (including phenoxy) is 1. The predicted molar refractivity (Wildman–Crippen MR) is 255 cm³/mol. The number of rotatable bonds is 7. The van der Waals surface area contributed by atoms with Gasteiger partial charge >= 0.3 is 0 Å². The Morgan fingerprint density at radius 3 is 2.03 bits per heavy atom. The van der Waals surface area contributed by atoms with Gasteiger partial charge in [-0.25, -0.2) is 4.98 Å². The summed E-state index contributed by atoms with van der Waals surface area (Å²) >= 11 is 0. The molecule has 3 heterocycles. The van der Waals surface area contributed by atoms with Crippen molar-refractivity contribution in [3.05, 3.63) is 193 Å². The molecule has 10 rings (SSSR count). The van der Waals surface area contributed by atoms with E-state index in [9.17, 15) is 6.85 Å². The normalized spacial score (nSPS) is 16.9. The maximum Gasteiger partial charge on any atom is 0.137 e. The van der Waals surface area contributed by atoms with Gasteiger partial charge in [-0.2, -0.15) is 0 Å². The average molecular weight is 812 g/mol. The van der Waals surface area contributed by atoms with Crippen molar-refractivity contribution in [1.29, 1.82) is 0 Å². The minimum atomic E-state index is -0.871. The summed E-state index contributed by atoms with van der Waals surface area (Å²) in [5.74, 6) is -0.964. The van der Waals surface area contributed by atoms with Crippen LogP contribution in [0.15, 0.2) is 182 Å². The fourth-order valence-electron chi connectivity index (χ4n) is 7.72. The van der Waals surface area contributed by atoms with Gasteiger partial charge in [-0.3, -0.25) is 4.57 Å². The highest BCUT2D eigenvalue weighted by Gasteiger charge is 2.32. The first kappa shape index (κ1) is 23.6. The monoisotopic (exact) mass is 812 g/mol. The SMILES string of the molecule is [2H]c1nc(-n2c3cc(Oc4cc(N5CN(c6c(-c7cccc(C(C)(C)C)c7)cccc6-c6c([2H])c([2H])c([2H])c([2H])c6[2H])c6ccccc65)c([2H])c([2H])c4[2H])c([2H])c([2H])c3c3c([2H])c([2H])c([2H])c([2H])c32)c([2H])c(C(C)(C)C)c1[2H]. The van der Waals surface area contributed by atoms with Gasteiger partial charge in [0, 0.05) is 45.9 Å². The number of pyridine rings is 1. The van der Waals surface area contributed by atoms with Crippen molar-refractivity contribution in [3.8, 4) is 39.6 Å². The number of para-hydroxylation sites is 4. The summed E-state index contributed by atoms with van der Waals surface area (Å²) in [6.07, 6.45) is -0.517. The van der Waals surface area contributed by atoms with Crippen LogP contribution in [0, 0.1) is 0 Å². The standard InChI is InChI=1S/C56H50N4O/c1-55(2,3)40-20-14-19-39(33-40)46-25-16-24-45(38-17-8-7-9-18-38)54(46)59-37-58(50-27-12-13-28-51(50)59)42-21-15-22-43(35-42)61-44-29-30-48-47-23-10-11-26-49(47)60(52(48)36-44)53-34-41(31-32-57-53)56(4,5)6/h7-36H,37H2,1-6H3/i7D,8D,9D,10D,11D,15D,17D,18D,21D,22D,23D,26D,29D,30D,31D,32D,34D. The number of nitrogens with zero attached hydrogens (tertiary/aromatic N) is 4. The molecule has 0 atom stereocenters. The minimum Gasteiger partial charge on any atom is -0.457 e. The lowest BCUT2D eigenvalue weighted by atomic mass is 9.85. The Morgan fingerprint density at radius 1 is 0.557 bits per heavy atom. The minimum absolute atomic E-state index is 0.0309. The molecule has 0 saturated carbocycles. The number of hydrogen-bond acceptors (Lipinski definition) is 4. The van der Waals surface area contributed by atoms with Gasteiger partial charge in [0.15, 0.2) is 0 Å². The Hall–Kier alpha value is -7.11. The van der Waals surface area contributed by atoms with Crippen molar-refractivity contribution in [2.24, 2.45) is 0 Å². The van der Waals surface area contributed by atoms with Crippen molar-refractivity contribution in [1.82, 2.24) is 9.55 Å². The molecule has 0 aliphatic carbocycles. The van der Waals surface area contributed by atoms with Crippen LogP contribution in [-0.2, 0) is 10.8 Å². The molecule has 0 fully saturated rings. The molecule has 300 valence electrons. The second-order valence-electron chi connectivity index (χ2n) is 16.9. The Labute approximate surface area is 383 Å². The van der Waals surface area contributed by atoms with Crippen molar-refractivity contribution < 1.29 is 28.0 Å². The van der Waals surface area contributed by atoms with Crippen molar-refractivity contribution >= 4 is 44.6 Å². The second-order valence-corrected chi connectivity index (χ2v) is 16.9. The van der Waals surface area contributed by atoms with Crippen molar-refractivity contribution in [2.75, 3.05) is 16.5 Å². The smallest absolute Gasteiger partial charge is 0.137 e. The van der Waals surface area contributed by atoms with Crippen LogP contribution in [0.3, 0.4) is 0 Å². The fourth-order valence-corrected chi connectivity index (χ4v) is 7.72. The van der Waals surface area contributed by atoms with Crippen LogP contribution < -0.4 is 14.5 Å². The van der Waals surface area contributed by atoms with E-state index in [0.717, 1.165) is 11.1 Å². The lowest BCUT2D eigenvalue weighted by Gasteiger charge is -2.28. The molecule has 9 aromatic rings. The molecule has 0 spiro atoms. The van der Waals surface area contributed by atoms with Gasteiger partial charge in [0.1, 0.15) is 24.0 Å². The van der Waals surface area contributed by atoms with Crippen LogP contribution in [0.2, 0.25) is 0 Å². The summed E-state index contributed by atoms with van der Waals surface area (Å²) < 4.78 is 160. The number of anilines is 4. The molecule has 0 amide bonds. The molecule has 2 aromatic heterocycles. The third-order valence-electron chi connectivity index (χ3n) is 10.8. The molecule has 61 heavy (non-hydrogen) atoms. The third kappa shape index (κ3) is 7.00. The predicted octanol–water partition coefficient (Wildman–Crippen LogP) is 15.1. The van der Waals surface area contributed by atoms with Crippen LogP contribution in [0.1, 0.15) is 76.0 Å². The number of aromatic nitrogens is 2. The lowest BCUT2D eigenvalue weighted by molar-refractivity contribution is 0.483. The van der Waals surface area contributed by atoms with Crippen LogP contribution in [0.25, 0.3) is 49.9 Å². The fraction of sp³-hybridized carbons (Fsp3) is 0.161. The van der Waals surface area contributed by atoms with Gasteiger partial charge in [0.05, 0.1) is 51.4 Å². The first-order valence-electron chi connectivity index (χ1n) is 28.4. The summed E-state index contributed by atoms with van der Waals surface area (Å²) in [7, 11) is 0. The van der Waals surface area contributed by atoms with E-state index in [-0.39, 0.29) is 86.1 Å². The first-order chi connectivity index (χ1) is 36.6. The van der Waals surface area contributed by atoms with E-state index in [1.165, 1.54) is 16.7 Å². The molecular weight excluding hydrogens is 745 g/mol. The van der Waals surface area contributed by atoms with Crippen molar-refractivity contribution in [3.63, 3.8) is 0 Å². The van der Waals surface area contributed by atoms with E-state index in [2.05, 4.69) is 31.8 Å². The quantitative estimate of drug-likeness (QED) is 0.161. The molecule has 0 saturated heterocycles. The number of hydrogen-bond donors (Lipinski definition) is 0. The molecule has 0 unspecified atom stereocenters. The summed E-state index contributed by atoms with van der Waals surface area (Å²) in [5.41, 5.74) is 3.14. The molecule has 5 nitrogen and oxygen atoms in total. The molecule has 1 aliphatic heterocycles. The maximum absolute atomic E-state index is 9.42. The van der Waals surface area contributed by atoms with E-state index >= 15 is 0 Å². The molecular formula is C56H50N4O. The zero-order chi connectivity index (χ0) is 56.7. The highest BCUT2D eigenvalue weighted by Crippen LogP contribution is 2.50. The van der Waals surface area contributed by atoms with E-state index in [1.807, 2.05) is 41.3 Å². The first-order valence-corrected chi connectivity index (χ1v) is 19.9. The summed E-state index contributed by atoms with van der Waals surface area (Å²) in [4.78, 5) is 7.95. The van der Waals surface area contributed by atoms with Crippen molar-refractivity contribution in [2.45, 2.75) is 52.4 Å². The molecule has 0 radical (unpaired) electrons. The zero-order valence-electron chi connectivity index (χ0n) is 51.4. The van der Waals surface area contributed by atoms with E-state index < -0.39 is 90.1 Å². The highest BCUT2D eigenvalue weighted by molar-refractivity contribution is 6.09. The lowest BCUT2D eigenvalue weighted by Crippen LogP contribution is -2.25. The Kier molecular flexibility index (Phi) is 5.75. The van der Waals surface area contributed by atoms with Crippen LogP contribution in [0.5, 0.6) is 11.5 Å². The zero-order valence-corrected chi connectivity index (χ0v) is 34.4. The molecule has 7 aromatic carbocycles. The molecule has 0 bridgehead atoms.